The predicted octanol–water partition coefficient (Wildman–Crippen LogP) is 4.85. The third kappa shape index (κ3) is 2.34. The zero-order valence-corrected chi connectivity index (χ0v) is 15.0. The number of rotatable bonds is 3. The van der Waals surface area contributed by atoms with E-state index in [1.165, 1.54) is 11.1 Å². The summed E-state index contributed by atoms with van der Waals surface area (Å²) in [4.78, 5) is 19.1. The van der Waals surface area contributed by atoms with Crippen molar-refractivity contribution in [1.82, 2.24) is 9.88 Å². The number of fused-ring (bicyclic) bond motifs is 4. The van der Waals surface area contributed by atoms with Crippen molar-refractivity contribution in [2.75, 3.05) is 0 Å². The molecular weight excluding hydrogens is 308 g/mol. The third-order valence-corrected chi connectivity index (χ3v) is 5.41. The highest BCUT2D eigenvalue weighted by molar-refractivity contribution is 5.88. The Balaban J connectivity index is 1.91. The minimum atomic E-state index is -0.120. The number of pyridine rings is 1. The molecule has 2 aliphatic heterocycles. The molecule has 0 spiro atoms. The van der Waals surface area contributed by atoms with E-state index in [4.69, 9.17) is 4.98 Å². The first-order valence-electron chi connectivity index (χ1n) is 8.82. The molecule has 0 amide bonds. The molecule has 1 unspecified atom stereocenters. The zero-order chi connectivity index (χ0) is 17.7. The van der Waals surface area contributed by atoms with Crippen molar-refractivity contribution >= 4 is 22.4 Å². The summed E-state index contributed by atoms with van der Waals surface area (Å²) in [6.45, 7) is 10.9. The number of benzene rings is 1. The van der Waals surface area contributed by atoms with E-state index in [0.717, 1.165) is 46.5 Å². The first-order chi connectivity index (χ1) is 12.0. The molecule has 0 saturated heterocycles. The molecular formula is C22H22N2O. The van der Waals surface area contributed by atoms with Gasteiger partial charge in [-0.15, -0.1) is 0 Å². The largest absolute Gasteiger partial charge is 0.335 e. The number of allylic oxidation sites excluding steroid dienone is 3. The Morgan fingerprint density at radius 1 is 1.36 bits per heavy atom. The van der Waals surface area contributed by atoms with Crippen molar-refractivity contribution in [3.63, 3.8) is 0 Å². The average molecular weight is 330 g/mol. The van der Waals surface area contributed by atoms with Gasteiger partial charge in [-0.2, -0.15) is 0 Å². The van der Waals surface area contributed by atoms with Gasteiger partial charge in [-0.05, 0) is 42.7 Å². The molecule has 1 aromatic heterocycles. The third-order valence-electron chi connectivity index (χ3n) is 5.41. The van der Waals surface area contributed by atoms with E-state index in [0.29, 0.717) is 0 Å². The molecule has 4 rings (SSSR count). The number of ketones is 1. The molecule has 126 valence electrons. The van der Waals surface area contributed by atoms with Crippen LogP contribution in [0.25, 0.3) is 16.6 Å². The number of aromatic nitrogens is 1. The van der Waals surface area contributed by atoms with E-state index >= 15 is 0 Å². The van der Waals surface area contributed by atoms with Crippen molar-refractivity contribution in [3.8, 4) is 0 Å². The van der Waals surface area contributed by atoms with Gasteiger partial charge in [0.2, 0.25) is 0 Å². The molecule has 0 bridgehead atoms. The SMILES string of the molecule is C=C1C(CC)=C(C(C)C(C)=O)C=C2c3nc4ccccc4cc3CN12. The van der Waals surface area contributed by atoms with E-state index in [-0.39, 0.29) is 11.7 Å². The van der Waals surface area contributed by atoms with E-state index in [9.17, 15) is 4.79 Å². The first-order valence-corrected chi connectivity index (χ1v) is 8.82. The average Bonchev–Trinajstić information content (AvgIpc) is 2.96. The Labute approximate surface area is 148 Å². The second kappa shape index (κ2) is 5.69. The van der Waals surface area contributed by atoms with E-state index in [1.54, 1.807) is 6.92 Å². The molecule has 0 N–H and O–H groups in total. The van der Waals surface area contributed by atoms with Crippen molar-refractivity contribution in [3.05, 3.63) is 71.1 Å². The van der Waals surface area contributed by atoms with Crippen molar-refractivity contribution in [1.29, 1.82) is 0 Å². The molecule has 25 heavy (non-hydrogen) atoms. The Morgan fingerprint density at radius 3 is 2.84 bits per heavy atom. The van der Waals surface area contributed by atoms with Crippen LogP contribution < -0.4 is 0 Å². The molecule has 0 saturated carbocycles. The summed E-state index contributed by atoms with van der Waals surface area (Å²) >= 11 is 0. The molecule has 1 aromatic carbocycles. The number of carbonyl (C=O) groups is 1. The summed E-state index contributed by atoms with van der Waals surface area (Å²) in [5, 5.41) is 1.16. The van der Waals surface area contributed by atoms with Crippen LogP contribution in [0.1, 0.15) is 38.4 Å². The highest BCUT2D eigenvalue weighted by Gasteiger charge is 2.34. The number of hydrogen-bond donors (Lipinski definition) is 0. The number of Topliss-reactive ketones (excluding diaryl/α,β-unsaturated/α-hetero) is 1. The molecule has 2 aromatic rings. The number of hydrogen-bond acceptors (Lipinski definition) is 3. The fourth-order valence-corrected chi connectivity index (χ4v) is 3.85. The normalized spacial score (nSPS) is 17.5. The molecule has 0 radical (unpaired) electrons. The van der Waals surface area contributed by atoms with E-state index in [1.807, 2.05) is 25.1 Å². The quantitative estimate of drug-likeness (QED) is 0.806. The van der Waals surface area contributed by atoms with Gasteiger partial charge in [0.1, 0.15) is 5.78 Å². The van der Waals surface area contributed by atoms with Crippen LogP contribution in [0.5, 0.6) is 0 Å². The maximum atomic E-state index is 12.0. The molecule has 2 aliphatic rings. The zero-order valence-electron chi connectivity index (χ0n) is 15.0. The minimum absolute atomic E-state index is 0.120. The monoisotopic (exact) mass is 330 g/mol. The Hall–Kier alpha value is -2.68. The second-order valence-electron chi connectivity index (χ2n) is 6.87. The summed E-state index contributed by atoms with van der Waals surface area (Å²) in [6.07, 6.45) is 3.03. The Bertz CT molecular complexity index is 981. The van der Waals surface area contributed by atoms with Crippen molar-refractivity contribution in [2.24, 2.45) is 5.92 Å². The van der Waals surface area contributed by atoms with E-state index < -0.39 is 0 Å². The fraction of sp³-hybridized carbons (Fsp3) is 0.273. The maximum Gasteiger partial charge on any atom is 0.137 e. The van der Waals surface area contributed by atoms with Crippen LogP contribution in [0, 0.1) is 5.92 Å². The molecule has 1 atom stereocenters. The van der Waals surface area contributed by atoms with Crippen LogP contribution in [-0.4, -0.2) is 15.7 Å². The van der Waals surface area contributed by atoms with Gasteiger partial charge in [0.25, 0.3) is 0 Å². The lowest BCUT2D eigenvalue weighted by molar-refractivity contribution is -0.119. The van der Waals surface area contributed by atoms with Crippen LogP contribution in [0.2, 0.25) is 0 Å². The number of nitrogens with zero attached hydrogens (tertiary/aromatic N) is 2. The number of para-hydroxylation sites is 1. The van der Waals surface area contributed by atoms with Crippen LogP contribution in [0.4, 0.5) is 0 Å². The van der Waals surface area contributed by atoms with Crippen molar-refractivity contribution < 1.29 is 4.79 Å². The minimum Gasteiger partial charge on any atom is -0.335 e. The van der Waals surface area contributed by atoms with Gasteiger partial charge < -0.3 is 4.90 Å². The lowest BCUT2D eigenvalue weighted by Crippen LogP contribution is -2.23. The van der Waals surface area contributed by atoms with E-state index in [2.05, 4.69) is 36.6 Å². The lowest BCUT2D eigenvalue weighted by atomic mass is 9.87. The summed E-state index contributed by atoms with van der Waals surface area (Å²) in [5.41, 5.74) is 7.59. The smallest absolute Gasteiger partial charge is 0.137 e. The molecule has 0 aliphatic carbocycles. The predicted molar refractivity (Wildman–Crippen MR) is 102 cm³/mol. The molecule has 3 nitrogen and oxygen atoms in total. The number of carbonyl (C=O) groups excluding carboxylic acids is 1. The van der Waals surface area contributed by atoms with Crippen LogP contribution in [-0.2, 0) is 11.3 Å². The summed E-state index contributed by atoms with van der Waals surface area (Å²) in [7, 11) is 0. The van der Waals surface area contributed by atoms with Crippen LogP contribution in [0.15, 0.2) is 59.8 Å². The topological polar surface area (TPSA) is 33.2 Å². The first kappa shape index (κ1) is 15.8. The van der Waals surface area contributed by atoms with Crippen LogP contribution >= 0.6 is 0 Å². The summed E-state index contributed by atoms with van der Waals surface area (Å²) in [6, 6.07) is 10.4. The fourth-order valence-electron chi connectivity index (χ4n) is 3.85. The summed E-state index contributed by atoms with van der Waals surface area (Å²) < 4.78 is 0. The van der Waals surface area contributed by atoms with Crippen LogP contribution in [0.3, 0.4) is 0 Å². The van der Waals surface area contributed by atoms with Gasteiger partial charge in [-0.3, -0.25) is 4.79 Å². The van der Waals surface area contributed by atoms with Gasteiger partial charge in [0, 0.05) is 22.6 Å². The standard InChI is InChI=1S/C22H22N2O/c1-5-18-14(3)24-12-17-10-16-8-6-7-9-20(16)23-22(17)21(24)11-19(18)13(2)15(4)25/h6-11,13H,3,5,12H2,1-2,4H3. The molecule has 0 fully saturated rings. The second-order valence-corrected chi connectivity index (χ2v) is 6.87. The molecule has 3 heterocycles. The van der Waals surface area contributed by atoms with Gasteiger partial charge in [0.05, 0.1) is 23.5 Å². The van der Waals surface area contributed by atoms with Gasteiger partial charge in [-0.25, -0.2) is 4.98 Å². The summed E-state index contributed by atoms with van der Waals surface area (Å²) in [5.74, 6) is 0.0644. The lowest BCUT2D eigenvalue weighted by Gasteiger charge is -2.31. The van der Waals surface area contributed by atoms with Gasteiger partial charge in [0.15, 0.2) is 0 Å². The maximum absolute atomic E-state index is 12.0. The Morgan fingerprint density at radius 2 is 2.12 bits per heavy atom. The molecule has 3 heteroatoms. The highest BCUT2D eigenvalue weighted by atomic mass is 16.1. The van der Waals surface area contributed by atoms with Gasteiger partial charge >= 0.3 is 0 Å². The van der Waals surface area contributed by atoms with Crippen molar-refractivity contribution in [2.45, 2.75) is 33.7 Å². The van der Waals surface area contributed by atoms with Gasteiger partial charge in [-0.1, -0.05) is 38.6 Å². The highest BCUT2D eigenvalue weighted by Crippen LogP contribution is 2.44. The Kier molecular flexibility index (Phi) is 3.60.